The van der Waals surface area contributed by atoms with E-state index in [1.807, 2.05) is 60.9 Å². The first kappa shape index (κ1) is 66.3. The standard InChI is InChI=1S/C76H104N10O8/c1-45(59-19-21-61-57-17-15-51-33-55(87)27-29-73(51,3)63(57)35-69(91)75(59,61)5)11-25-71(93)79-39-53-43-85(83-81-53)41-47-13-23-67(89)49(31-47)37-77-65-9-7-8-10-66(65)78-38-50-32-48(14-24-68(50)90)42-86-44-54(82-84-86)40-80-72(94)26-12-46(2)60-20-22-62-58-18-16-52-34-56(88)28-30-74(52,4)64(58)36-70(92)76(60,62)6/h7-10,13-14,23-24,31-32,37-38,43-46,51-52,55-64,69-70,87-92H,11-12,15-22,25-30,33-36,39-42H2,1-6H3,(H,79,93)(H,80,94)/t45-,46-,51-,52-,55-,56-,57+,58+,59-,60-,61+,62+,63+,64+,69+,70+,73+,74+,75-,76-/m1/s1. The predicted octanol–water partition coefficient (Wildman–Crippen LogP) is 11.9. The molecule has 5 aromatic rings. The summed E-state index contributed by atoms with van der Waals surface area (Å²) in [5.74, 6) is 5.85. The van der Waals surface area contributed by atoms with Gasteiger partial charge < -0.3 is 41.3 Å². The molecule has 8 aliphatic carbocycles. The molecule has 18 heteroatoms. The number of rotatable bonds is 20. The van der Waals surface area contributed by atoms with Crippen LogP contribution in [0.4, 0.5) is 11.4 Å². The lowest BCUT2D eigenvalue weighted by molar-refractivity contribution is -0.175. The Morgan fingerprint density at radius 2 is 0.989 bits per heavy atom. The molecule has 0 bridgehead atoms. The first-order chi connectivity index (χ1) is 45.1. The van der Waals surface area contributed by atoms with Crippen molar-refractivity contribution in [2.45, 2.75) is 221 Å². The smallest absolute Gasteiger partial charge is 0.220 e. The number of carbonyl (C=O) groups excluding carboxylic acids is 2. The van der Waals surface area contributed by atoms with Crippen molar-refractivity contribution >= 4 is 35.6 Å². The number of aliphatic hydroxyl groups excluding tert-OH is 4. The molecule has 0 radical (unpaired) electrons. The van der Waals surface area contributed by atoms with Gasteiger partial charge in [-0.1, -0.05) is 76.2 Å². The molecule has 13 rings (SSSR count). The molecule has 8 fully saturated rings. The number of hydrogen-bond donors (Lipinski definition) is 8. The van der Waals surface area contributed by atoms with Crippen LogP contribution >= 0.6 is 0 Å². The van der Waals surface area contributed by atoms with Crippen LogP contribution in [0.25, 0.3) is 0 Å². The lowest BCUT2D eigenvalue weighted by atomic mass is 9.43. The molecule has 8 aliphatic rings. The van der Waals surface area contributed by atoms with Gasteiger partial charge in [-0.2, -0.15) is 0 Å². The monoisotopic (exact) mass is 1280 g/mol. The highest BCUT2D eigenvalue weighted by Crippen LogP contribution is 2.70. The number of para-hydroxylation sites is 2. The van der Waals surface area contributed by atoms with Crippen LogP contribution in [0.3, 0.4) is 0 Å². The topological polar surface area (TPSA) is 266 Å². The van der Waals surface area contributed by atoms with E-state index < -0.39 is 0 Å². The van der Waals surface area contributed by atoms with Crippen LogP contribution in [0.2, 0.25) is 0 Å². The van der Waals surface area contributed by atoms with Gasteiger partial charge in [0.15, 0.2) is 0 Å². The average Bonchev–Trinajstić information content (AvgIpc) is 1.37. The molecular formula is C76H104N10O8. The van der Waals surface area contributed by atoms with E-state index in [2.05, 4.69) is 72.8 Å². The Kier molecular flexibility index (Phi) is 19.0. The van der Waals surface area contributed by atoms with Gasteiger partial charge in [0.1, 0.15) is 22.9 Å². The molecule has 2 heterocycles. The molecular weight excluding hydrogens is 1180 g/mol. The number of amides is 2. The van der Waals surface area contributed by atoms with E-state index in [1.54, 1.807) is 33.9 Å². The number of aliphatic imine (C=N–C) groups is 2. The van der Waals surface area contributed by atoms with Gasteiger partial charge in [-0.15, -0.1) is 10.2 Å². The second-order valence-electron chi connectivity index (χ2n) is 32.0. The SMILES string of the molecule is C[C@H](CCC(=O)NCc1cn(Cc2ccc(O)c(C=Nc3ccccc3N=Cc3cc(Cn4cc(CNC(=O)CC[C@@H](C)[C@H]5CC[C@H]6[C@@H]7CC[C@@H]8C[C@H](O)CC[C@]8(C)[C@H]7C[C@H](O)[C@]56C)nn4)ccc3O)c2)nn1)[C@H]1CC[C@H]2[C@@H]3CC[C@@H]4C[C@H](O)CC[C@]4(C)[C@H]3C[C@H](O)[C@]12C. The lowest BCUT2D eigenvalue weighted by Gasteiger charge is -2.62. The Balaban J connectivity index is 0.555. The Labute approximate surface area is 555 Å². The van der Waals surface area contributed by atoms with Crippen molar-refractivity contribution in [3.8, 4) is 11.5 Å². The number of aromatic nitrogens is 6. The van der Waals surface area contributed by atoms with Crippen molar-refractivity contribution in [1.82, 2.24) is 40.6 Å². The number of nitrogens with zero attached hydrogens (tertiary/aromatic N) is 8. The maximum Gasteiger partial charge on any atom is 0.220 e. The molecule has 3 aromatic carbocycles. The van der Waals surface area contributed by atoms with Crippen LogP contribution < -0.4 is 10.6 Å². The summed E-state index contributed by atoms with van der Waals surface area (Å²) in [4.78, 5) is 36.1. The van der Waals surface area contributed by atoms with Gasteiger partial charge in [-0.25, -0.2) is 9.36 Å². The van der Waals surface area contributed by atoms with Crippen LogP contribution in [0, 0.1) is 92.7 Å². The summed E-state index contributed by atoms with van der Waals surface area (Å²) in [5.41, 5.74) is 5.24. The number of phenolic OH excluding ortho intramolecular Hbond substituents is 2. The molecule has 8 saturated carbocycles. The number of fused-ring (bicyclic) bond motifs is 10. The first-order valence-corrected chi connectivity index (χ1v) is 35.9. The zero-order valence-electron chi connectivity index (χ0n) is 56.4. The lowest BCUT2D eigenvalue weighted by Crippen LogP contribution is -2.58. The number of hydrogen-bond acceptors (Lipinski definition) is 14. The van der Waals surface area contributed by atoms with Crippen molar-refractivity contribution in [3.05, 3.63) is 107 Å². The molecule has 20 atom stereocenters. The molecule has 18 nitrogen and oxygen atoms in total. The van der Waals surface area contributed by atoms with E-state index >= 15 is 0 Å². The van der Waals surface area contributed by atoms with Gasteiger partial charge in [0.05, 0.1) is 74.4 Å². The average molecular weight is 1290 g/mol. The number of aromatic hydroxyl groups is 2. The summed E-state index contributed by atoms with van der Waals surface area (Å²) >= 11 is 0. The van der Waals surface area contributed by atoms with E-state index in [0.717, 1.165) is 101 Å². The summed E-state index contributed by atoms with van der Waals surface area (Å²) in [6.07, 6.45) is 24.9. The molecule has 0 aliphatic heterocycles. The van der Waals surface area contributed by atoms with E-state index in [4.69, 9.17) is 9.98 Å². The van der Waals surface area contributed by atoms with E-state index in [0.29, 0.717) is 131 Å². The second-order valence-corrected chi connectivity index (χ2v) is 32.0. The van der Waals surface area contributed by atoms with E-state index in [9.17, 15) is 40.2 Å². The van der Waals surface area contributed by atoms with Crippen molar-refractivity contribution in [3.63, 3.8) is 0 Å². The Morgan fingerprint density at radius 1 is 0.564 bits per heavy atom. The summed E-state index contributed by atoms with van der Waals surface area (Å²) < 4.78 is 3.41. The fourth-order valence-corrected chi connectivity index (χ4v) is 21.9. The quantitative estimate of drug-likeness (QED) is 0.0338. The fraction of sp³-hybridized carbons (Fsp3) is 0.658. The minimum atomic E-state index is -0.345. The van der Waals surface area contributed by atoms with Crippen LogP contribution in [0.1, 0.15) is 204 Å². The summed E-state index contributed by atoms with van der Waals surface area (Å²) in [5, 5.41) is 90.4. The zero-order valence-corrected chi connectivity index (χ0v) is 56.4. The van der Waals surface area contributed by atoms with Crippen LogP contribution in [-0.2, 0) is 35.8 Å². The maximum atomic E-state index is 13.3. The third-order valence-electron chi connectivity index (χ3n) is 27.2. The van der Waals surface area contributed by atoms with Gasteiger partial charge in [0.2, 0.25) is 11.8 Å². The van der Waals surface area contributed by atoms with Crippen LogP contribution in [-0.4, -0.2) is 109 Å². The summed E-state index contributed by atoms with van der Waals surface area (Å²) in [6, 6.07) is 18.0. The molecule has 94 heavy (non-hydrogen) atoms. The Hall–Kier alpha value is -6.34. The number of phenols is 2. The Morgan fingerprint density at radius 3 is 1.41 bits per heavy atom. The molecule has 2 aromatic heterocycles. The second kappa shape index (κ2) is 26.9. The van der Waals surface area contributed by atoms with Crippen LogP contribution in [0.15, 0.2) is 83.0 Å². The van der Waals surface area contributed by atoms with Gasteiger partial charge in [-0.05, 0) is 256 Å². The third kappa shape index (κ3) is 12.8. The van der Waals surface area contributed by atoms with Gasteiger partial charge >= 0.3 is 0 Å². The highest BCUT2D eigenvalue weighted by Gasteiger charge is 2.65. The van der Waals surface area contributed by atoms with Crippen molar-refractivity contribution in [1.29, 1.82) is 0 Å². The third-order valence-corrected chi connectivity index (χ3v) is 27.2. The van der Waals surface area contributed by atoms with Crippen molar-refractivity contribution in [2.75, 3.05) is 0 Å². The zero-order chi connectivity index (χ0) is 65.8. The van der Waals surface area contributed by atoms with Gasteiger partial charge in [-0.3, -0.25) is 19.6 Å². The summed E-state index contributed by atoms with van der Waals surface area (Å²) in [6.45, 7) is 15.5. The van der Waals surface area contributed by atoms with Gasteiger partial charge in [0, 0.05) is 36.4 Å². The predicted molar refractivity (Wildman–Crippen MR) is 361 cm³/mol. The molecule has 0 saturated heterocycles. The highest BCUT2D eigenvalue weighted by molar-refractivity contribution is 5.89. The van der Waals surface area contributed by atoms with Crippen LogP contribution in [0.5, 0.6) is 11.5 Å². The molecule has 506 valence electrons. The first-order valence-electron chi connectivity index (χ1n) is 35.9. The maximum absolute atomic E-state index is 13.3. The largest absolute Gasteiger partial charge is 0.507 e. The normalized spacial score (nSPS) is 35.8. The minimum Gasteiger partial charge on any atom is -0.507 e. The van der Waals surface area contributed by atoms with Crippen molar-refractivity contribution < 1.29 is 40.2 Å². The number of benzene rings is 3. The highest BCUT2D eigenvalue weighted by atomic mass is 16.3. The molecule has 0 unspecified atom stereocenters. The number of aliphatic hydroxyl groups is 4. The van der Waals surface area contributed by atoms with Gasteiger partial charge in [0.25, 0.3) is 0 Å². The fourth-order valence-electron chi connectivity index (χ4n) is 21.9. The minimum absolute atomic E-state index is 0.0222. The van der Waals surface area contributed by atoms with Crippen molar-refractivity contribution in [2.24, 2.45) is 103 Å². The summed E-state index contributed by atoms with van der Waals surface area (Å²) in [7, 11) is 0. The number of carbonyl (C=O) groups is 2. The Bertz CT molecular complexity index is 3360. The molecule has 2 amide bonds. The van der Waals surface area contributed by atoms with E-state index in [1.165, 1.54) is 25.7 Å². The molecule has 0 spiro atoms. The number of nitrogens with one attached hydrogen (secondary N) is 2. The molecule has 8 N–H and O–H groups in total. The van der Waals surface area contributed by atoms with E-state index in [-0.39, 0.29) is 82.5 Å².